The largest absolute Gasteiger partial charge is 0.310 e. The van der Waals surface area contributed by atoms with Crippen molar-refractivity contribution in [1.29, 1.82) is 0 Å². The van der Waals surface area contributed by atoms with Crippen LogP contribution < -0.4 is 5.32 Å². The highest BCUT2D eigenvalue weighted by molar-refractivity contribution is 9.10. The van der Waals surface area contributed by atoms with E-state index < -0.39 is 0 Å². The zero-order valence-corrected chi connectivity index (χ0v) is 13.5. The monoisotopic (exact) mass is 340 g/mol. The number of hydrogen-bond acceptors (Lipinski definition) is 3. The van der Waals surface area contributed by atoms with E-state index in [0.29, 0.717) is 6.04 Å². The zero-order valence-electron chi connectivity index (χ0n) is 11.9. The Labute approximate surface area is 128 Å². The quantitative estimate of drug-likeness (QED) is 0.657. The predicted molar refractivity (Wildman–Crippen MR) is 83.6 cm³/mol. The first-order chi connectivity index (χ1) is 9.47. The summed E-state index contributed by atoms with van der Waals surface area (Å²) >= 11 is 3.42. The highest BCUT2D eigenvalue weighted by Crippen LogP contribution is 2.30. The molecule has 5 heteroatoms. The van der Waals surface area contributed by atoms with Gasteiger partial charge in [-0.25, -0.2) is 0 Å². The third-order valence-corrected chi connectivity index (χ3v) is 5.17. The summed E-state index contributed by atoms with van der Waals surface area (Å²) in [6, 6.07) is 5.52. The van der Waals surface area contributed by atoms with Crippen LogP contribution in [0.3, 0.4) is 0 Å². The molecule has 1 fully saturated rings. The molecular formula is C15H21BrN2O2. The van der Waals surface area contributed by atoms with E-state index in [1.807, 2.05) is 6.07 Å². The van der Waals surface area contributed by atoms with Gasteiger partial charge in [0.25, 0.3) is 5.69 Å². The minimum absolute atomic E-state index is 0.126. The number of benzene rings is 1. The van der Waals surface area contributed by atoms with Gasteiger partial charge in [-0.1, -0.05) is 29.8 Å². The summed E-state index contributed by atoms with van der Waals surface area (Å²) in [5, 5.41) is 14.3. The molecule has 20 heavy (non-hydrogen) atoms. The molecule has 1 aliphatic rings. The highest BCUT2D eigenvalue weighted by atomic mass is 79.9. The normalized spacial score (nSPS) is 26.4. The fraction of sp³-hybridized carbons (Fsp3) is 0.600. The summed E-state index contributed by atoms with van der Waals surface area (Å²) in [4.78, 5) is 10.3. The maximum Gasteiger partial charge on any atom is 0.270 e. The third-order valence-electron chi connectivity index (χ3n) is 4.43. The average molecular weight is 341 g/mol. The molecule has 0 saturated heterocycles. The molecule has 1 saturated carbocycles. The molecule has 0 bridgehead atoms. The molecular weight excluding hydrogens is 320 g/mol. The van der Waals surface area contributed by atoms with Gasteiger partial charge in [0.15, 0.2) is 0 Å². The summed E-state index contributed by atoms with van der Waals surface area (Å²) in [7, 11) is 0. The third kappa shape index (κ3) is 3.79. The average Bonchev–Trinajstić information content (AvgIpc) is 2.41. The van der Waals surface area contributed by atoms with Gasteiger partial charge in [-0.2, -0.15) is 0 Å². The molecule has 1 aromatic carbocycles. The van der Waals surface area contributed by atoms with Gasteiger partial charge >= 0.3 is 0 Å². The topological polar surface area (TPSA) is 55.2 Å². The second-order valence-corrected chi connectivity index (χ2v) is 6.73. The molecule has 4 nitrogen and oxygen atoms in total. The lowest BCUT2D eigenvalue weighted by Crippen LogP contribution is -2.35. The van der Waals surface area contributed by atoms with Gasteiger partial charge in [-0.05, 0) is 42.7 Å². The number of nitrogens with one attached hydrogen (secondary N) is 1. The molecule has 1 aliphatic carbocycles. The molecule has 0 heterocycles. The van der Waals surface area contributed by atoms with Crippen LogP contribution in [-0.4, -0.2) is 11.0 Å². The van der Waals surface area contributed by atoms with Crippen LogP contribution in [0.2, 0.25) is 0 Å². The van der Waals surface area contributed by atoms with E-state index in [9.17, 15) is 10.1 Å². The Morgan fingerprint density at radius 2 is 2.10 bits per heavy atom. The van der Waals surface area contributed by atoms with Gasteiger partial charge in [0.05, 0.1) is 4.92 Å². The minimum Gasteiger partial charge on any atom is -0.310 e. The van der Waals surface area contributed by atoms with Crippen LogP contribution in [0.4, 0.5) is 5.69 Å². The summed E-state index contributed by atoms with van der Waals surface area (Å²) in [6.45, 7) is 5.40. The summed E-state index contributed by atoms with van der Waals surface area (Å²) in [6.07, 6.45) is 3.71. The van der Waals surface area contributed by atoms with Gasteiger partial charge in [0.2, 0.25) is 0 Å². The van der Waals surface area contributed by atoms with E-state index in [4.69, 9.17) is 0 Å². The van der Waals surface area contributed by atoms with Crippen molar-refractivity contribution in [1.82, 2.24) is 5.32 Å². The lowest BCUT2D eigenvalue weighted by Gasteiger charge is -2.32. The SMILES string of the molecule is CC1CCC(NCc2ccc([N+](=O)[O-])cc2Br)CC1C. The van der Waals surface area contributed by atoms with Gasteiger partial charge in [-0.3, -0.25) is 10.1 Å². The Morgan fingerprint density at radius 1 is 1.35 bits per heavy atom. The Bertz CT molecular complexity index is 493. The van der Waals surface area contributed by atoms with E-state index >= 15 is 0 Å². The Morgan fingerprint density at radius 3 is 2.70 bits per heavy atom. The fourth-order valence-corrected chi connectivity index (χ4v) is 3.29. The van der Waals surface area contributed by atoms with Crippen molar-refractivity contribution >= 4 is 21.6 Å². The molecule has 3 atom stereocenters. The van der Waals surface area contributed by atoms with Gasteiger partial charge in [0.1, 0.15) is 0 Å². The van der Waals surface area contributed by atoms with Crippen molar-refractivity contribution in [3.63, 3.8) is 0 Å². The smallest absolute Gasteiger partial charge is 0.270 e. The summed E-state index contributed by atoms with van der Waals surface area (Å²) < 4.78 is 0.802. The van der Waals surface area contributed by atoms with E-state index in [0.717, 1.165) is 28.4 Å². The lowest BCUT2D eigenvalue weighted by atomic mass is 9.79. The number of non-ortho nitro benzene ring substituents is 1. The van der Waals surface area contributed by atoms with Crippen LogP contribution in [0.15, 0.2) is 22.7 Å². The maximum absolute atomic E-state index is 10.7. The van der Waals surface area contributed by atoms with Crippen molar-refractivity contribution in [2.24, 2.45) is 11.8 Å². The number of halogens is 1. The second-order valence-electron chi connectivity index (χ2n) is 5.88. The van der Waals surface area contributed by atoms with Crippen LogP contribution in [0, 0.1) is 22.0 Å². The standard InChI is InChI=1S/C15H21BrN2O2/c1-10-3-5-13(7-11(10)2)17-9-12-4-6-14(18(19)20)8-15(12)16/h4,6,8,10-11,13,17H,3,5,7,9H2,1-2H3. The van der Waals surface area contributed by atoms with Gasteiger partial charge < -0.3 is 5.32 Å². The molecule has 0 spiro atoms. The van der Waals surface area contributed by atoms with E-state index in [2.05, 4.69) is 35.1 Å². The first kappa shape index (κ1) is 15.4. The van der Waals surface area contributed by atoms with Crippen molar-refractivity contribution < 1.29 is 4.92 Å². The Balaban J connectivity index is 1.93. The van der Waals surface area contributed by atoms with Crippen LogP contribution in [0.25, 0.3) is 0 Å². The molecule has 0 aliphatic heterocycles. The summed E-state index contributed by atoms with van der Waals surface area (Å²) in [5.41, 5.74) is 1.20. The van der Waals surface area contributed by atoms with Gasteiger partial charge in [-0.15, -0.1) is 0 Å². The number of rotatable bonds is 4. The molecule has 0 aromatic heterocycles. The number of nitro benzene ring substituents is 1. The first-order valence-corrected chi connectivity index (χ1v) is 7.93. The molecule has 1 aromatic rings. The number of nitro groups is 1. The minimum atomic E-state index is -0.369. The highest BCUT2D eigenvalue weighted by Gasteiger charge is 2.24. The van der Waals surface area contributed by atoms with E-state index in [1.54, 1.807) is 12.1 Å². The van der Waals surface area contributed by atoms with E-state index in [1.165, 1.54) is 19.3 Å². The van der Waals surface area contributed by atoms with Crippen LogP contribution in [0.1, 0.15) is 38.7 Å². The fourth-order valence-electron chi connectivity index (χ4n) is 2.78. The summed E-state index contributed by atoms with van der Waals surface area (Å²) in [5.74, 6) is 1.58. The van der Waals surface area contributed by atoms with Gasteiger partial charge in [0, 0.05) is 29.2 Å². The lowest BCUT2D eigenvalue weighted by molar-refractivity contribution is -0.384. The number of hydrogen-bond donors (Lipinski definition) is 1. The second kappa shape index (κ2) is 6.68. The van der Waals surface area contributed by atoms with Crippen molar-refractivity contribution in [2.75, 3.05) is 0 Å². The molecule has 2 rings (SSSR count). The first-order valence-electron chi connectivity index (χ1n) is 7.13. The van der Waals surface area contributed by atoms with Crippen LogP contribution in [0.5, 0.6) is 0 Å². The predicted octanol–water partition coefficient (Wildman–Crippen LogP) is 4.27. The van der Waals surface area contributed by atoms with Crippen LogP contribution >= 0.6 is 15.9 Å². The Kier molecular flexibility index (Phi) is 5.16. The molecule has 110 valence electrons. The maximum atomic E-state index is 10.7. The van der Waals surface area contributed by atoms with Crippen molar-refractivity contribution in [3.8, 4) is 0 Å². The van der Waals surface area contributed by atoms with E-state index in [-0.39, 0.29) is 10.6 Å². The zero-order chi connectivity index (χ0) is 14.7. The van der Waals surface area contributed by atoms with Crippen molar-refractivity contribution in [3.05, 3.63) is 38.3 Å². The molecule has 0 radical (unpaired) electrons. The van der Waals surface area contributed by atoms with Crippen molar-refractivity contribution in [2.45, 2.75) is 45.7 Å². The molecule has 0 amide bonds. The molecule has 3 unspecified atom stereocenters. The molecule has 1 N–H and O–H groups in total. The Hall–Kier alpha value is -0.940. The number of nitrogens with zero attached hydrogens (tertiary/aromatic N) is 1. The van der Waals surface area contributed by atoms with Crippen LogP contribution in [-0.2, 0) is 6.54 Å².